The van der Waals surface area contributed by atoms with Crippen molar-refractivity contribution in [2.24, 2.45) is 0 Å². The van der Waals surface area contributed by atoms with Crippen LogP contribution in [0.3, 0.4) is 0 Å². The second-order valence-electron chi connectivity index (χ2n) is 5.65. The molecule has 0 spiro atoms. The standard InChI is InChI=1S/C15H26N2S/c1-4-5-6-8-13(16-11(2)3)15-17-12-9-7-10-14(12)18-15/h11,13,16H,4-10H2,1-3H3. The van der Waals surface area contributed by atoms with Crippen molar-refractivity contribution in [2.75, 3.05) is 0 Å². The highest BCUT2D eigenvalue weighted by molar-refractivity contribution is 7.11. The molecule has 1 N–H and O–H groups in total. The molecule has 0 fully saturated rings. The maximum atomic E-state index is 4.88. The van der Waals surface area contributed by atoms with Gasteiger partial charge in [-0.3, -0.25) is 0 Å². The molecule has 0 saturated carbocycles. The van der Waals surface area contributed by atoms with Gasteiger partial charge in [-0.25, -0.2) is 4.98 Å². The smallest absolute Gasteiger partial charge is 0.110 e. The van der Waals surface area contributed by atoms with Gasteiger partial charge >= 0.3 is 0 Å². The minimum atomic E-state index is 0.479. The monoisotopic (exact) mass is 266 g/mol. The van der Waals surface area contributed by atoms with Crippen molar-refractivity contribution in [2.45, 2.75) is 77.8 Å². The number of rotatable bonds is 7. The second kappa shape index (κ2) is 6.67. The van der Waals surface area contributed by atoms with Gasteiger partial charge in [0.2, 0.25) is 0 Å². The molecule has 18 heavy (non-hydrogen) atoms. The summed E-state index contributed by atoms with van der Waals surface area (Å²) < 4.78 is 0. The van der Waals surface area contributed by atoms with Crippen molar-refractivity contribution in [3.8, 4) is 0 Å². The molecule has 0 aromatic carbocycles. The summed E-state index contributed by atoms with van der Waals surface area (Å²) in [7, 11) is 0. The second-order valence-corrected chi connectivity index (χ2v) is 6.76. The Hall–Kier alpha value is -0.410. The Morgan fingerprint density at radius 1 is 1.28 bits per heavy atom. The van der Waals surface area contributed by atoms with Crippen LogP contribution in [0.25, 0.3) is 0 Å². The summed E-state index contributed by atoms with van der Waals surface area (Å²) in [5, 5.41) is 5.03. The van der Waals surface area contributed by atoms with Crippen LogP contribution in [0, 0.1) is 0 Å². The fourth-order valence-corrected chi connectivity index (χ4v) is 3.89. The number of aryl methyl sites for hydroxylation is 2. The molecule has 1 heterocycles. The summed E-state index contributed by atoms with van der Waals surface area (Å²) in [6.45, 7) is 6.73. The van der Waals surface area contributed by atoms with Gasteiger partial charge in [0.15, 0.2) is 0 Å². The first-order valence-corrected chi connectivity index (χ1v) is 8.27. The SMILES string of the molecule is CCCCCC(NC(C)C)c1nc2c(s1)CCC2. The topological polar surface area (TPSA) is 24.9 Å². The molecule has 0 amide bonds. The predicted molar refractivity (Wildman–Crippen MR) is 79.3 cm³/mol. The molecule has 1 aromatic rings. The molecule has 3 heteroatoms. The van der Waals surface area contributed by atoms with Crippen LogP contribution < -0.4 is 5.32 Å². The van der Waals surface area contributed by atoms with E-state index < -0.39 is 0 Å². The lowest BCUT2D eigenvalue weighted by Crippen LogP contribution is -2.28. The molecule has 1 aliphatic carbocycles. The number of unbranched alkanes of at least 4 members (excludes halogenated alkanes) is 2. The minimum absolute atomic E-state index is 0.479. The van der Waals surface area contributed by atoms with E-state index in [1.54, 1.807) is 4.88 Å². The van der Waals surface area contributed by atoms with E-state index in [1.165, 1.54) is 55.6 Å². The molecule has 2 rings (SSSR count). The Labute approximate surface area is 115 Å². The first kappa shape index (κ1) is 14.0. The lowest BCUT2D eigenvalue weighted by Gasteiger charge is -2.19. The number of nitrogens with zero attached hydrogens (tertiary/aromatic N) is 1. The van der Waals surface area contributed by atoms with Crippen molar-refractivity contribution >= 4 is 11.3 Å². The molecule has 1 atom stereocenters. The molecule has 1 unspecified atom stereocenters. The van der Waals surface area contributed by atoms with Gasteiger partial charge in [-0.1, -0.05) is 40.0 Å². The van der Waals surface area contributed by atoms with Crippen LogP contribution in [0.2, 0.25) is 0 Å². The van der Waals surface area contributed by atoms with Crippen molar-refractivity contribution in [3.05, 3.63) is 15.6 Å². The molecule has 1 aliphatic rings. The van der Waals surface area contributed by atoms with E-state index in [9.17, 15) is 0 Å². The van der Waals surface area contributed by atoms with E-state index in [1.807, 2.05) is 11.3 Å². The van der Waals surface area contributed by atoms with Crippen LogP contribution in [-0.2, 0) is 12.8 Å². The predicted octanol–water partition coefficient (Wildman–Crippen LogP) is 4.25. The zero-order valence-corrected chi connectivity index (χ0v) is 12.8. The molecule has 102 valence electrons. The van der Waals surface area contributed by atoms with Gasteiger partial charge in [-0.05, 0) is 25.7 Å². The molecule has 0 bridgehead atoms. The number of aromatic nitrogens is 1. The average Bonchev–Trinajstić information content (AvgIpc) is 2.87. The van der Waals surface area contributed by atoms with Gasteiger partial charge in [-0.15, -0.1) is 11.3 Å². The lowest BCUT2D eigenvalue weighted by atomic mass is 10.1. The molecule has 0 aliphatic heterocycles. The zero-order valence-electron chi connectivity index (χ0n) is 12.0. The molecular formula is C15H26N2S. The Bertz CT molecular complexity index is 349. The minimum Gasteiger partial charge on any atom is -0.306 e. The molecule has 0 saturated heterocycles. The summed E-state index contributed by atoms with van der Waals surface area (Å²) in [5.41, 5.74) is 1.39. The third-order valence-electron chi connectivity index (χ3n) is 3.54. The van der Waals surface area contributed by atoms with E-state index >= 15 is 0 Å². The van der Waals surface area contributed by atoms with Crippen LogP contribution in [0.5, 0.6) is 0 Å². The van der Waals surface area contributed by atoms with Gasteiger partial charge in [0, 0.05) is 10.9 Å². The average molecular weight is 266 g/mol. The number of hydrogen-bond donors (Lipinski definition) is 1. The highest BCUT2D eigenvalue weighted by atomic mass is 32.1. The lowest BCUT2D eigenvalue weighted by molar-refractivity contribution is 0.433. The maximum Gasteiger partial charge on any atom is 0.110 e. The fourth-order valence-electron chi connectivity index (χ4n) is 2.64. The normalized spacial score (nSPS) is 16.2. The summed E-state index contributed by atoms with van der Waals surface area (Å²) >= 11 is 1.96. The van der Waals surface area contributed by atoms with Gasteiger partial charge in [0.05, 0.1) is 11.7 Å². The van der Waals surface area contributed by atoms with E-state index in [-0.39, 0.29) is 0 Å². The van der Waals surface area contributed by atoms with E-state index in [0.717, 1.165) is 0 Å². The Balaban J connectivity index is 2.01. The largest absolute Gasteiger partial charge is 0.306 e. The molecular weight excluding hydrogens is 240 g/mol. The molecule has 1 aromatic heterocycles. The zero-order chi connectivity index (χ0) is 13.0. The van der Waals surface area contributed by atoms with Gasteiger partial charge in [0.1, 0.15) is 5.01 Å². The number of fused-ring (bicyclic) bond motifs is 1. The summed E-state index contributed by atoms with van der Waals surface area (Å²) in [5.74, 6) is 0. The third-order valence-corrected chi connectivity index (χ3v) is 4.81. The van der Waals surface area contributed by atoms with Crippen LogP contribution >= 0.6 is 11.3 Å². The van der Waals surface area contributed by atoms with Crippen LogP contribution in [0.15, 0.2) is 0 Å². The van der Waals surface area contributed by atoms with E-state index in [2.05, 4.69) is 26.1 Å². The first-order valence-electron chi connectivity index (χ1n) is 7.45. The van der Waals surface area contributed by atoms with Crippen molar-refractivity contribution in [1.29, 1.82) is 0 Å². The highest BCUT2D eigenvalue weighted by Crippen LogP contribution is 2.32. The van der Waals surface area contributed by atoms with Gasteiger partial charge in [-0.2, -0.15) is 0 Å². The van der Waals surface area contributed by atoms with Crippen molar-refractivity contribution < 1.29 is 0 Å². The number of nitrogens with one attached hydrogen (secondary N) is 1. The highest BCUT2D eigenvalue weighted by Gasteiger charge is 2.22. The summed E-state index contributed by atoms with van der Waals surface area (Å²) in [4.78, 5) is 6.43. The van der Waals surface area contributed by atoms with Crippen LogP contribution in [0.1, 0.15) is 74.5 Å². The summed E-state index contributed by atoms with van der Waals surface area (Å²) in [6.07, 6.45) is 8.95. The Kier molecular flexibility index (Phi) is 5.19. The Morgan fingerprint density at radius 2 is 2.11 bits per heavy atom. The summed E-state index contributed by atoms with van der Waals surface area (Å²) in [6, 6.07) is 1.02. The molecule has 2 nitrogen and oxygen atoms in total. The molecule has 0 radical (unpaired) electrons. The number of thiazole rings is 1. The van der Waals surface area contributed by atoms with Crippen molar-refractivity contribution in [1.82, 2.24) is 10.3 Å². The van der Waals surface area contributed by atoms with Gasteiger partial charge < -0.3 is 5.32 Å². The fraction of sp³-hybridized carbons (Fsp3) is 0.800. The third kappa shape index (κ3) is 3.55. The van der Waals surface area contributed by atoms with E-state index in [0.29, 0.717) is 12.1 Å². The van der Waals surface area contributed by atoms with E-state index in [4.69, 9.17) is 4.98 Å². The maximum absolute atomic E-state index is 4.88. The quantitative estimate of drug-likeness (QED) is 0.746. The van der Waals surface area contributed by atoms with Crippen molar-refractivity contribution in [3.63, 3.8) is 0 Å². The van der Waals surface area contributed by atoms with Crippen LogP contribution in [-0.4, -0.2) is 11.0 Å². The van der Waals surface area contributed by atoms with Crippen LogP contribution in [0.4, 0.5) is 0 Å². The number of hydrogen-bond acceptors (Lipinski definition) is 3. The first-order chi connectivity index (χ1) is 8.70. The van der Waals surface area contributed by atoms with Gasteiger partial charge in [0.25, 0.3) is 0 Å². The Morgan fingerprint density at radius 3 is 2.78 bits per heavy atom.